The number of nitrogens with one attached hydrogen (secondary N) is 1. The molecule has 0 saturated heterocycles. The fourth-order valence-corrected chi connectivity index (χ4v) is 5.65. The quantitative estimate of drug-likeness (QED) is 0.310. The molecule has 1 spiro atoms. The highest BCUT2D eigenvalue weighted by atomic mass is 16.6. The van der Waals surface area contributed by atoms with Gasteiger partial charge in [0.2, 0.25) is 0 Å². The Morgan fingerprint density at radius 3 is 2.25 bits per heavy atom. The number of benzene rings is 4. The van der Waals surface area contributed by atoms with Crippen LogP contribution < -0.4 is 15.0 Å². The first-order chi connectivity index (χ1) is 17.6. The van der Waals surface area contributed by atoms with Gasteiger partial charge in [-0.15, -0.1) is 0 Å². The molecule has 180 valence electrons. The van der Waals surface area contributed by atoms with Gasteiger partial charge in [-0.1, -0.05) is 54.6 Å². The van der Waals surface area contributed by atoms with Gasteiger partial charge in [-0.05, 0) is 56.7 Å². The highest BCUT2D eigenvalue weighted by Gasteiger charge is 2.54. The van der Waals surface area contributed by atoms with E-state index in [4.69, 9.17) is 9.47 Å². The molecule has 2 aliphatic heterocycles. The lowest BCUT2D eigenvalue weighted by molar-refractivity contribution is 0.0227. The molecule has 0 fully saturated rings. The fourth-order valence-electron chi connectivity index (χ4n) is 5.65. The Labute approximate surface area is 211 Å². The number of para-hydroxylation sites is 2. The number of nitrogens with zero attached hydrogens (tertiary/aromatic N) is 1. The summed E-state index contributed by atoms with van der Waals surface area (Å²) in [5.41, 5.74) is 6.11. The van der Waals surface area contributed by atoms with Gasteiger partial charge in [0.15, 0.2) is 5.60 Å². The SMILES string of the molecule is CCN(CC)c1c(C)cccc1Nc1cccc2c1C1(OC(=O)c3ccccc31)c1ccccc1O2. The minimum atomic E-state index is -1.11. The van der Waals surface area contributed by atoms with Gasteiger partial charge in [0.05, 0.1) is 28.2 Å². The minimum Gasteiger partial charge on any atom is -0.456 e. The number of anilines is 3. The largest absolute Gasteiger partial charge is 0.456 e. The summed E-state index contributed by atoms with van der Waals surface area (Å²) in [5, 5.41) is 3.71. The molecule has 0 radical (unpaired) electrons. The van der Waals surface area contributed by atoms with Gasteiger partial charge >= 0.3 is 5.97 Å². The molecule has 2 heterocycles. The molecular weight excluding hydrogens is 448 g/mol. The molecule has 0 saturated carbocycles. The van der Waals surface area contributed by atoms with E-state index >= 15 is 0 Å². The van der Waals surface area contributed by atoms with Gasteiger partial charge in [-0.25, -0.2) is 4.79 Å². The molecular formula is C31H28N2O3. The van der Waals surface area contributed by atoms with Crippen molar-refractivity contribution in [2.45, 2.75) is 26.4 Å². The minimum absolute atomic E-state index is 0.331. The lowest BCUT2D eigenvalue weighted by Crippen LogP contribution is -2.33. The lowest BCUT2D eigenvalue weighted by Gasteiger charge is -2.38. The highest BCUT2D eigenvalue weighted by Crippen LogP contribution is 2.58. The summed E-state index contributed by atoms with van der Waals surface area (Å²) in [6, 6.07) is 27.7. The van der Waals surface area contributed by atoms with Crippen LogP contribution in [-0.2, 0) is 10.3 Å². The molecule has 1 atom stereocenters. The molecule has 1 N–H and O–H groups in total. The van der Waals surface area contributed by atoms with Crippen LogP contribution in [0.2, 0.25) is 0 Å². The standard InChI is InChI=1S/C31H28N2O3/c1-4-33(5-2)29-20(3)12-10-17-25(29)32-24-16-11-19-27-28(24)31(23-15-8-9-18-26(23)35-27)22-14-7-6-13-21(22)30(34)36-31/h6-19,32H,4-5H2,1-3H3. The first kappa shape index (κ1) is 22.2. The van der Waals surface area contributed by atoms with Crippen molar-refractivity contribution >= 4 is 23.0 Å². The Morgan fingerprint density at radius 2 is 1.44 bits per heavy atom. The number of hydrogen-bond donors (Lipinski definition) is 1. The van der Waals surface area contributed by atoms with Gasteiger partial charge in [-0.3, -0.25) is 0 Å². The molecule has 0 bridgehead atoms. The van der Waals surface area contributed by atoms with Crippen molar-refractivity contribution in [2.24, 2.45) is 0 Å². The van der Waals surface area contributed by atoms with Crippen LogP contribution in [0.15, 0.2) is 84.9 Å². The zero-order chi connectivity index (χ0) is 24.9. The molecule has 36 heavy (non-hydrogen) atoms. The maximum Gasteiger partial charge on any atom is 0.340 e. The average molecular weight is 477 g/mol. The van der Waals surface area contributed by atoms with Gasteiger partial charge < -0.3 is 19.7 Å². The topological polar surface area (TPSA) is 50.8 Å². The Balaban J connectivity index is 1.60. The Morgan fingerprint density at radius 1 is 0.778 bits per heavy atom. The van der Waals surface area contributed by atoms with Crippen LogP contribution in [0.4, 0.5) is 17.1 Å². The van der Waals surface area contributed by atoms with Gasteiger partial charge in [0.1, 0.15) is 11.5 Å². The molecule has 4 aromatic rings. The molecule has 6 rings (SSSR count). The van der Waals surface area contributed by atoms with Crippen LogP contribution >= 0.6 is 0 Å². The van der Waals surface area contributed by atoms with Crippen molar-refractivity contribution in [3.8, 4) is 11.5 Å². The van der Waals surface area contributed by atoms with E-state index in [0.717, 1.165) is 46.8 Å². The van der Waals surface area contributed by atoms with Crippen LogP contribution in [0.5, 0.6) is 11.5 Å². The summed E-state index contributed by atoms with van der Waals surface area (Å²) in [4.78, 5) is 15.6. The van der Waals surface area contributed by atoms with E-state index < -0.39 is 5.60 Å². The van der Waals surface area contributed by atoms with E-state index in [9.17, 15) is 4.79 Å². The van der Waals surface area contributed by atoms with E-state index in [1.807, 2.05) is 66.7 Å². The number of aryl methyl sites for hydroxylation is 1. The fraction of sp³-hybridized carbons (Fsp3) is 0.194. The summed E-state index contributed by atoms with van der Waals surface area (Å²) in [5.74, 6) is 1.02. The predicted octanol–water partition coefficient (Wildman–Crippen LogP) is 7.15. The van der Waals surface area contributed by atoms with Crippen molar-refractivity contribution in [1.29, 1.82) is 0 Å². The van der Waals surface area contributed by atoms with Crippen molar-refractivity contribution < 1.29 is 14.3 Å². The van der Waals surface area contributed by atoms with E-state index in [1.54, 1.807) is 0 Å². The number of hydrogen-bond acceptors (Lipinski definition) is 5. The molecule has 0 aromatic heterocycles. The first-order valence-corrected chi connectivity index (χ1v) is 12.4. The lowest BCUT2D eigenvalue weighted by atomic mass is 9.77. The predicted molar refractivity (Wildman–Crippen MR) is 143 cm³/mol. The van der Waals surface area contributed by atoms with E-state index in [-0.39, 0.29) is 5.97 Å². The molecule has 2 aliphatic rings. The number of ether oxygens (including phenoxy) is 2. The summed E-state index contributed by atoms with van der Waals surface area (Å²) >= 11 is 0. The maximum atomic E-state index is 13.2. The van der Waals surface area contributed by atoms with Gasteiger partial charge in [-0.2, -0.15) is 0 Å². The molecule has 0 amide bonds. The third-order valence-corrected chi connectivity index (χ3v) is 7.22. The van der Waals surface area contributed by atoms with Crippen molar-refractivity contribution in [3.05, 3.63) is 113 Å². The summed E-state index contributed by atoms with van der Waals surface area (Å²) in [6.07, 6.45) is 0. The smallest absolute Gasteiger partial charge is 0.340 e. The monoisotopic (exact) mass is 476 g/mol. The summed E-state index contributed by atoms with van der Waals surface area (Å²) in [7, 11) is 0. The second-order valence-electron chi connectivity index (χ2n) is 9.16. The number of carbonyl (C=O) groups is 1. The first-order valence-electron chi connectivity index (χ1n) is 12.4. The summed E-state index contributed by atoms with van der Waals surface area (Å²) in [6.45, 7) is 8.26. The van der Waals surface area contributed by atoms with Crippen LogP contribution in [0.1, 0.15) is 46.5 Å². The molecule has 5 nitrogen and oxygen atoms in total. The van der Waals surface area contributed by atoms with Crippen LogP contribution in [0.25, 0.3) is 0 Å². The number of carbonyl (C=O) groups excluding carboxylic acids is 1. The second kappa shape index (κ2) is 8.45. The highest BCUT2D eigenvalue weighted by molar-refractivity contribution is 5.98. The molecule has 0 aliphatic carbocycles. The Kier molecular flexibility index (Phi) is 5.22. The van der Waals surface area contributed by atoms with Crippen molar-refractivity contribution in [3.63, 3.8) is 0 Å². The zero-order valence-corrected chi connectivity index (χ0v) is 20.7. The molecule has 1 unspecified atom stereocenters. The van der Waals surface area contributed by atoms with E-state index in [0.29, 0.717) is 17.1 Å². The molecule has 5 heteroatoms. The van der Waals surface area contributed by atoms with Crippen LogP contribution in [-0.4, -0.2) is 19.1 Å². The van der Waals surface area contributed by atoms with Gasteiger partial charge in [0, 0.05) is 24.2 Å². The number of fused-ring (bicyclic) bond motifs is 6. The van der Waals surface area contributed by atoms with E-state index in [1.165, 1.54) is 5.56 Å². The zero-order valence-electron chi connectivity index (χ0n) is 20.7. The molecule has 4 aromatic carbocycles. The maximum absolute atomic E-state index is 13.2. The third-order valence-electron chi connectivity index (χ3n) is 7.22. The number of rotatable bonds is 5. The normalized spacial score (nSPS) is 17.0. The van der Waals surface area contributed by atoms with E-state index in [2.05, 4.69) is 49.2 Å². The van der Waals surface area contributed by atoms with Crippen molar-refractivity contribution in [2.75, 3.05) is 23.3 Å². The van der Waals surface area contributed by atoms with Gasteiger partial charge in [0.25, 0.3) is 0 Å². The average Bonchev–Trinajstić information content (AvgIpc) is 3.19. The van der Waals surface area contributed by atoms with Crippen molar-refractivity contribution in [1.82, 2.24) is 0 Å². The summed E-state index contributed by atoms with van der Waals surface area (Å²) < 4.78 is 12.8. The Bertz CT molecular complexity index is 1490. The third kappa shape index (κ3) is 3.12. The Hall–Kier alpha value is -4.25. The van der Waals surface area contributed by atoms with Crippen LogP contribution in [0.3, 0.4) is 0 Å². The second-order valence-corrected chi connectivity index (χ2v) is 9.16. The van der Waals surface area contributed by atoms with Crippen LogP contribution in [0, 0.1) is 6.92 Å². The number of esters is 1.